The van der Waals surface area contributed by atoms with Crippen molar-refractivity contribution in [2.45, 2.75) is 33.6 Å². The molecule has 176 valence electrons. The molecule has 3 aromatic carbocycles. The summed E-state index contributed by atoms with van der Waals surface area (Å²) in [5, 5.41) is 13.1. The number of phenolic OH excluding ortho intramolecular Hbond substituents is 1. The van der Waals surface area contributed by atoms with Crippen molar-refractivity contribution in [2.75, 3.05) is 32.4 Å². The van der Waals surface area contributed by atoms with Crippen LogP contribution in [0.2, 0.25) is 0 Å². The van der Waals surface area contributed by atoms with Gasteiger partial charge in [-0.2, -0.15) is 0 Å². The minimum atomic E-state index is 0. The lowest BCUT2D eigenvalue weighted by Crippen LogP contribution is -2.16. The van der Waals surface area contributed by atoms with E-state index in [9.17, 15) is 5.11 Å². The summed E-state index contributed by atoms with van der Waals surface area (Å²) >= 11 is 0. The van der Waals surface area contributed by atoms with Crippen molar-refractivity contribution in [3.05, 3.63) is 70.8 Å². The normalized spacial score (nSPS) is 12.6. The molecule has 33 heavy (non-hydrogen) atoms. The van der Waals surface area contributed by atoms with Crippen molar-refractivity contribution < 1.29 is 19.3 Å². The van der Waals surface area contributed by atoms with E-state index >= 15 is 0 Å². The molecule has 0 atom stereocenters. The Bertz CT molecular complexity index is 1120. The van der Waals surface area contributed by atoms with Gasteiger partial charge in [0.2, 0.25) is 0 Å². The van der Waals surface area contributed by atoms with Gasteiger partial charge in [0.05, 0.1) is 32.7 Å². The van der Waals surface area contributed by atoms with E-state index in [1.54, 1.807) is 33.5 Å². The molecule has 0 fully saturated rings. The molecule has 1 aliphatic heterocycles. The molecule has 7 nitrogen and oxygen atoms in total. The number of nitrogens with one attached hydrogen (secondary N) is 1. The highest BCUT2D eigenvalue weighted by Crippen LogP contribution is 2.34. The van der Waals surface area contributed by atoms with Crippen LogP contribution < -0.4 is 25.3 Å². The standard InChI is InChI=1S/C25H29N3O4.CH4/c1-30-21-7-5-17(25(11-21)32-3)13-28-14-18-8-22(26)23(9-19(18)15-28)27-12-16-4-6-20(29)10-24(16)31-2;/h4-11,27,29H,12-15,26H2,1-3H3;1H4. The summed E-state index contributed by atoms with van der Waals surface area (Å²) < 4.78 is 16.2. The fraction of sp³-hybridized carbons (Fsp3) is 0.308. The quantitative estimate of drug-likeness (QED) is 0.425. The highest BCUT2D eigenvalue weighted by molar-refractivity contribution is 5.69. The summed E-state index contributed by atoms with van der Waals surface area (Å²) in [6.45, 7) is 2.98. The average Bonchev–Trinajstić information content (AvgIpc) is 3.19. The highest BCUT2D eigenvalue weighted by atomic mass is 16.5. The van der Waals surface area contributed by atoms with E-state index in [4.69, 9.17) is 19.9 Å². The molecule has 3 aromatic rings. The fourth-order valence-corrected chi connectivity index (χ4v) is 4.10. The van der Waals surface area contributed by atoms with Crippen molar-refractivity contribution >= 4 is 11.4 Å². The number of benzene rings is 3. The summed E-state index contributed by atoms with van der Waals surface area (Å²) in [4.78, 5) is 2.36. The summed E-state index contributed by atoms with van der Waals surface area (Å²) in [5.41, 5.74) is 12.5. The number of hydrogen-bond donors (Lipinski definition) is 3. The Balaban J connectivity index is 0.00000306. The van der Waals surface area contributed by atoms with Crippen LogP contribution in [0.3, 0.4) is 0 Å². The van der Waals surface area contributed by atoms with E-state index < -0.39 is 0 Å². The van der Waals surface area contributed by atoms with Gasteiger partial charge >= 0.3 is 0 Å². The number of hydrogen-bond acceptors (Lipinski definition) is 7. The molecule has 1 heterocycles. The molecule has 0 unspecified atom stereocenters. The first-order chi connectivity index (χ1) is 15.5. The molecule has 0 amide bonds. The third kappa shape index (κ3) is 5.26. The van der Waals surface area contributed by atoms with Crippen molar-refractivity contribution in [3.63, 3.8) is 0 Å². The van der Waals surface area contributed by atoms with E-state index in [0.717, 1.165) is 47.9 Å². The fourth-order valence-electron chi connectivity index (χ4n) is 4.10. The lowest BCUT2D eigenvalue weighted by atomic mass is 10.1. The van der Waals surface area contributed by atoms with E-state index in [2.05, 4.69) is 22.3 Å². The van der Waals surface area contributed by atoms with Crippen LogP contribution in [0.4, 0.5) is 11.4 Å². The Morgan fingerprint density at radius 2 is 1.55 bits per heavy atom. The molecule has 4 N–H and O–H groups in total. The average molecular weight is 452 g/mol. The molecule has 4 rings (SSSR count). The number of rotatable bonds is 8. The first kappa shape index (κ1) is 24.1. The van der Waals surface area contributed by atoms with Gasteiger partial charge in [-0.3, -0.25) is 4.90 Å². The van der Waals surface area contributed by atoms with Crippen LogP contribution in [0.15, 0.2) is 48.5 Å². The second kappa shape index (κ2) is 10.4. The van der Waals surface area contributed by atoms with Gasteiger partial charge in [-0.1, -0.05) is 13.5 Å². The van der Waals surface area contributed by atoms with Crippen LogP contribution in [0.1, 0.15) is 29.7 Å². The van der Waals surface area contributed by atoms with Gasteiger partial charge in [0.25, 0.3) is 0 Å². The third-order valence-electron chi connectivity index (χ3n) is 5.79. The second-order valence-electron chi connectivity index (χ2n) is 7.88. The smallest absolute Gasteiger partial charge is 0.127 e. The molecule has 0 saturated carbocycles. The number of nitrogens with two attached hydrogens (primary N) is 1. The van der Waals surface area contributed by atoms with E-state index in [1.165, 1.54) is 11.1 Å². The number of nitrogen functional groups attached to an aromatic ring is 1. The molecule has 0 radical (unpaired) electrons. The predicted octanol–water partition coefficient (Wildman–Crippen LogP) is 4.76. The first-order valence-corrected chi connectivity index (χ1v) is 10.4. The van der Waals surface area contributed by atoms with Crippen molar-refractivity contribution in [1.29, 1.82) is 0 Å². The van der Waals surface area contributed by atoms with E-state index in [1.807, 2.05) is 24.3 Å². The largest absolute Gasteiger partial charge is 0.508 e. The monoisotopic (exact) mass is 451 g/mol. The number of anilines is 2. The maximum Gasteiger partial charge on any atom is 0.127 e. The number of nitrogens with zero attached hydrogens (tertiary/aromatic N) is 1. The lowest BCUT2D eigenvalue weighted by molar-refractivity contribution is 0.269. The van der Waals surface area contributed by atoms with Gasteiger partial charge in [-0.25, -0.2) is 0 Å². The molecule has 0 aliphatic carbocycles. The van der Waals surface area contributed by atoms with Crippen LogP contribution in [-0.4, -0.2) is 31.3 Å². The number of fused-ring (bicyclic) bond motifs is 1. The molecular weight excluding hydrogens is 418 g/mol. The van der Waals surface area contributed by atoms with E-state index in [0.29, 0.717) is 18.0 Å². The molecule has 0 bridgehead atoms. The molecule has 0 saturated heterocycles. The third-order valence-corrected chi connectivity index (χ3v) is 5.79. The molecule has 0 aromatic heterocycles. The van der Waals surface area contributed by atoms with Gasteiger partial charge in [0.1, 0.15) is 23.0 Å². The predicted molar refractivity (Wildman–Crippen MR) is 132 cm³/mol. The van der Waals surface area contributed by atoms with Crippen LogP contribution in [0.5, 0.6) is 23.0 Å². The zero-order valence-electron chi connectivity index (χ0n) is 18.6. The zero-order valence-corrected chi connectivity index (χ0v) is 18.6. The first-order valence-electron chi connectivity index (χ1n) is 10.4. The summed E-state index contributed by atoms with van der Waals surface area (Å²) in [5.74, 6) is 2.42. The van der Waals surface area contributed by atoms with E-state index in [-0.39, 0.29) is 13.2 Å². The lowest BCUT2D eigenvalue weighted by Gasteiger charge is -2.17. The van der Waals surface area contributed by atoms with Crippen molar-refractivity contribution in [1.82, 2.24) is 4.90 Å². The summed E-state index contributed by atoms with van der Waals surface area (Å²) in [6, 6.07) is 15.2. The number of methoxy groups -OCH3 is 3. The maximum atomic E-state index is 9.65. The number of aromatic hydroxyl groups is 1. The minimum Gasteiger partial charge on any atom is -0.508 e. The number of phenols is 1. The Hall–Kier alpha value is -3.58. The van der Waals surface area contributed by atoms with Crippen LogP contribution in [0.25, 0.3) is 0 Å². The Labute approximate surface area is 195 Å². The van der Waals surface area contributed by atoms with Crippen LogP contribution >= 0.6 is 0 Å². The van der Waals surface area contributed by atoms with Crippen molar-refractivity contribution in [2.24, 2.45) is 0 Å². The Morgan fingerprint density at radius 1 is 0.879 bits per heavy atom. The Kier molecular flexibility index (Phi) is 7.55. The molecule has 0 spiro atoms. The van der Waals surface area contributed by atoms with Crippen molar-refractivity contribution in [3.8, 4) is 23.0 Å². The topological polar surface area (TPSA) is 89.2 Å². The molecular formula is C26H33N3O4. The van der Waals surface area contributed by atoms with Gasteiger partial charge < -0.3 is 30.4 Å². The van der Waals surface area contributed by atoms with Gasteiger partial charge in [-0.05, 0) is 41.5 Å². The maximum absolute atomic E-state index is 9.65. The number of ether oxygens (including phenoxy) is 3. The van der Waals surface area contributed by atoms with Gasteiger partial charge in [0, 0.05) is 49.4 Å². The van der Waals surface area contributed by atoms with Crippen LogP contribution in [-0.2, 0) is 26.2 Å². The molecule has 7 heteroatoms. The SMILES string of the molecule is C.COc1ccc(CN2Cc3cc(N)c(NCc4ccc(O)cc4OC)cc3C2)c(OC)c1. The second-order valence-corrected chi connectivity index (χ2v) is 7.88. The van der Waals surface area contributed by atoms with Gasteiger partial charge in [-0.15, -0.1) is 0 Å². The Morgan fingerprint density at radius 3 is 2.24 bits per heavy atom. The van der Waals surface area contributed by atoms with Gasteiger partial charge in [0.15, 0.2) is 0 Å². The zero-order chi connectivity index (χ0) is 22.7. The highest BCUT2D eigenvalue weighted by Gasteiger charge is 2.22. The van der Waals surface area contributed by atoms with Crippen LogP contribution in [0, 0.1) is 0 Å². The summed E-state index contributed by atoms with van der Waals surface area (Å²) in [7, 11) is 4.92. The minimum absolute atomic E-state index is 0. The molecule has 1 aliphatic rings. The summed E-state index contributed by atoms with van der Waals surface area (Å²) in [6.07, 6.45) is 0.